The van der Waals surface area contributed by atoms with E-state index in [1.165, 1.54) is 10.5 Å². The highest BCUT2D eigenvalue weighted by Crippen LogP contribution is 2.44. The van der Waals surface area contributed by atoms with E-state index in [0.717, 1.165) is 17.7 Å². The van der Waals surface area contributed by atoms with Crippen molar-refractivity contribution in [1.29, 1.82) is 0 Å². The highest BCUT2D eigenvalue weighted by molar-refractivity contribution is 7.99. The van der Waals surface area contributed by atoms with Crippen molar-refractivity contribution in [2.24, 2.45) is 10.8 Å². The molecule has 106 valence electrons. The van der Waals surface area contributed by atoms with Crippen LogP contribution >= 0.6 is 24.0 Å². The number of thioether (sulfide) groups is 1. The SMILES string of the molecule is NC(=S)N/N=C1/C[C@@H](c2ccccc2)Sc2ccccc21. The van der Waals surface area contributed by atoms with Gasteiger partial charge in [0.25, 0.3) is 0 Å². The highest BCUT2D eigenvalue weighted by atomic mass is 32.2. The minimum atomic E-state index is 0.189. The lowest BCUT2D eigenvalue weighted by Gasteiger charge is -2.25. The summed E-state index contributed by atoms with van der Waals surface area (Å²) in [6, 6.07) is 18.8. The van der Waals surface area contributed by atoms with Crippen LogP contribution < -0.4 is 11.2 Å². The summed E-state index contributed by atoms with van der Waals surface area (Å²) in [4.78, 5) is 1.24. The van der Waals surface area contributed by atoms with E-state index in [-0.39, 0.29) is 5.11 Å². The quantitative estimate of drug-likeness (QED) is 0.658. The molecule has 0 saturated carbocycles. The Morgan fingerprint density at radius 2 is 1.86 bits per heavy atom. The molecule has 3 nitrogen and oxygen atoms in total. The molecule has 0 unspecified atom stereocenters. The zero-order chi connectivity index (χ0) is 14.7. The summed E-state index contributed by atoms with van der Waals surface area (Å²) in [7, 11) is 0. The molecule has 1 aliphatic heterocycles. The lowest BCUT2D eigenvalue weighted by atomic mass is 10.0. The van der Waals surface area contributed by atoms with Gasteiger partial charge in [-0.05, 0) is 23.8 Å². The first-order valence-corrected chi connectivity index (χ1v) is 7.96. The fraction of sp³-hybridized carbons (Fsp3) is 0.125. The van der Waals surface area contributed by atoms with Crippen LogP contribution in [0.3, 0.4) is 0 Å². The Balaban J connectivity index is 1.96. The number of nitrogens with two attached hydrogens (primary N) is 1. The third-order valence-electron chi connectivity index (χ3n) is 3.32. The largest absolute Gasteiger partial charge is 0.375 e. The summed E-state index contributed by atoms with van der Waals surface area (Å²) in [5.74, 6) is 0. The molecule has 0 saturated heterocycles. The van der Waals surface area contributed by atoms with E-state index >= 15 is 0 Å². The van der Waals surface area contributed by atoms with Crippen molar-refractivity contribution in [3.8, 4) is 0 Å². The zero-order valence-electron chi connectivity index (χ0n) is 11.3. The molecule has 1 atom stereocenters. The van der Waals surface area contributed by atoms with Crippen molar-refractivity contribution in [2.75, 3.05) is 0 Å². The minimum absolute atomic E-state index is 0.189. The second-order valence-corrected chi connectivity index (χ2v) is 6.44. The standard InChI is InChI=1S/C16H15N3S2/c17-16(20)19-18-13-10-15(11-6-2-1-3-7-11)21-14-9-5-4-8-12(13)14/h1-9,15H,10H2,(H3,17,19,20)/b18-13-/t15-/m0/s1. The van der Waals surface area contributed by atoms with E-state index < -0.39 is 0 Å². The lowest BCUT2D eigenvalue weighted by molar-refractivity contribution is 0.942. The third-order valence-corrected chi connectivity index (χ3v) is 4.74. The van der Waals surface area contributed by atoms with E-state index in [1.54, 1.807) is 0 Å². The summed E-state index contributed by atoms with van der Waals surface area (Å²) in [6.45, 7) is 0. The Morgan fingerprint density at radius 1 is 1.14 bits per heavy atom. The maximum absolute atomic E-state index is 5.48. The second-order valence-electron chi connectivity index (χ2n) is 4.75. The molecule has 1 aliphatic rings. The molecular weight excluding hydrogens is 298 g/mol. The van der Waals surface area contributed by atoms with Gasteiger partial charge >= 0.3 is 0 Å². The van der Waals surface area contributed by atoms with Gasteiger partial charge in [0, 0.05) is 22.1 Å². The molecule has 0 bridgehead atoms. The van der Waals surface area contributed by atoms with Crippen LogP contribution in [0.1, 0.15) is 22.8 Å². The fourth-order valence-electron chi connectivity index (χ4n) is 2.37. The molecule has 2 aromatic rings. The number of thiocarbonyl (C=S) groups is 1. The number of hydrogen-bond acceptors (Lipinski definition) is 3. The van der Waals surface area contributed by atoms with E-state index in [4.69, 9.17) is 18.0 Å². The molecule has 0 fully saturated rings. The maximum Gasteiger partial charge on any atom is 0.184 e. The molecule has 21 heavy (non-hydrogen) atoms. The number of rotatable bonds is 2. The number of fused-ring (bicyclic) bond motifs is 1. The normalized spacial score (nSPS) is 19.0. The van der Waals surface area contributed by atoms with Gasteiger partial charge in [0.2, 0.25) is 0 Å². The summed E-state index contributed by atoms with van der Waals surface area (Å²) in [5.41, 5.74) is 11.6. The highest BCUT2D eigenvalue weighted by Gasteiger charge is 2.25. The molecule has 0 spiro atoms. The molecule has 1 heterocycles. The van der Waals surface area contributed by atoms with Gasteiger partial charge in [-0.25, -0.2) is 0 Å². The molecule has 0 radical (unpaired) electrons. The number of nitrogens with zero attached hydrogens (tertiary/aromatic N) is 1. The van der Waals surface area contributed by atoms with Crippen LogP contribution in [0.25, 0.3) is 0 Å². The molecule has 0 amide bonds. The molecule has 0 aliphatic carbocycles. The molecule has 0 aromatic heterocycles. The van der Waals surface area contributed by atoms with Crippen molar-refractivity contribution in [1.82, 2.24) is 5.43 Å². The summed E-state index contributed by atoms with van der Waals surface area (Å²) in [6.07, 6.45) is 0.849. The van der Waals surface area contributed by atoms with Gasteiger partial charge in [-0.2, -0.15) is 5.10 Å². The molecular formula is C16H15N3S2. The first kappa shape index (κ1) is 14.1. The molecule has 3 N–H and O–H groups in total. The molecule has 5 heteroatoms. The fourth-order valence-corrected chi connectivity index (χ4v) is 3.73. The Morgan fingerprint density at radius 3 is 2.62 bits per heavy atom. The van der Waals surface area contributed by atoms with Crippen LogP contribution in [0.4, 0.5) is 0 Å². The Labute approximate surface area is 133 Å². The van der Waals surface area contributed by atoms with E-state index in [1.807, 2.05) is 23.9 Å². The summed E-state index contributed by atoms with van der Waals surface area (Å²) < 4.78 is 0. The smallest absolute Gasteiger partial charge is 0.184 e. The van der Waals surface area contributed by atoms with E-state index in [0.29, 0.717) is 5.25 Å². The van der Waals surface area contributed by atoms with E-state index in [9.17, 15) is 0 Å². The monoisotopic (exact) mass is 313 g/mol. The first-order valence-electron chi connectivity index (χ1n) is 6.67. The van der Waals surface area contributed by atoms with Crippen LogP contribution in [0.15, 0.2) is 64.6 Å². The van der Waals surface area contributed by atoms with Crippen molar-refractivity contribution >= 4 is 34.8 Å². The predicted octanol–water partition coefficient (Wildman–Crippen LogP) is 3.46. The van der Waals surface area contributed by atoms with Crippen LogP contribution in [-0.4, -0.2) is 10.8 Å². The summed E-state index contributed by atoms with van der Waals surface area (Å²) in [5, 5.41) is 4.93. The van der Waals surface area contributed by atoms with Crippen molar-refractivity contribution in [3.63, 3.8) is 0 Å². The van der Waals surface area contributed by atoms with Gasteiger partial charge in [0.05, 0.1) is 5.71 Å². The van der Waals surface area contributed by atoms with Gasteiger partial charge in [-0.15, -0.1) is 11.8 Å². The average molecular weight is 313 g/mol. The number of hydrazone groups is 1. The van der Waals surface area contributed by atoms with Crippen LogP contribution in [-0.2, 0) is 0 Å². The van der Waals surface area contributed by atoms with Crippen molar-refractivity contribution in [2.45, 2.75) is 16.6 Å². The Kier molecular flexibility index (Phi) is 4.22. The minimum Gasteiger partial charge on any atom is -0.375 e. The van der Waals surface area contributed by atoms with Crippen LogP contribution in [0.2, 0.25) is 0 Å². The average Bonchev–Trinajstić information content (AvgIpc) is 2.53. The molecule has 3 rings (SSSR count). The number of benzene rings is 2. The van der Waals surface area contributed by atoms with E-state index in [2.05, 4.69) is 53.0 Å². The third kappa shape index (κ3) is 3.25. The van der Waals surface area contributed by atoms with Gasteiger partial charge in [-0.1, -0.05) is 48.5 Å². The second kappa shape index (κ2) is 6.28. The predicted molar refractivity (Wildman–Crippen MR) is 92.6 cm³/mol. The Bertz CT molecular complexity index is 683. The Hall–Kier alpha value is -1.85. The topological polar surface area (TPSA) is 50.4 Å². The van der Waals surface area contributed by atoms with Gasteiger partial charge in [0.15, 0.2) is 5.11 Å². The van der Waals surface area contributed by atoms with Crippen molar-refractivity contribution in [3.05, 3.63) is 65.7 Å². The van der Waals surface area contributed by atoms with Crippen molar-refractivity contribution < 1.29 is 0 Å². The maximum atomic E-state index is 5.48. The van der Waals surface area contributed by atoms with Gasteiger partial charge in [0.1, 0.15) is 0 Å². The van der Waals surface area contributed by atoms with Gasteiger partial charge < -0.3 is 5.73 Å². The molecule has 2 aromatic carbocycles. The number of hydrogen-bond donors (Lipinski definition) is 2. The lowest BCUT2D eigenvalue weighted by Crippen LogP contribution is -2.26. The summed E-state index contributed by atoms with van der Waals surface area (Å²) >= 11 is 6.72. The van der Waals surface area contributed by atoms with Gasteiger partial charge in [-0.3, -0.25) is 5.43 Å². The van der Waals surface area contributed by atoms with Crippen LogP contribution in [0, 0.1) is 0 Å². The van der Waals surface area contributed by atoms with Crippen LogP contribution in [0.5, 0.6) is 0 Å². The number of nitrogens with one attached hydrogen (secondary N) is 1. The zero-order valence-corrected chi connectivity index (χ0v) is 13.0. The first-order chi connectivity index (χ1) is 10.2.